The molecule has 0 atom stereocenters. The molecule has 0 bridgehead atoms. The normalized spacial score (nSPS) is 12.7. The van der Waals surface area contributed by atoms with Crippen LogP contribution in [0.4, 0.5) is 0 Å². The molecule has 0 saturated heterocycles. The van der Waals surface area contributed by atoms with Gasteiger partial charge in [-0.3, -0.25) is 0 Å². The molecule has 0 radical (unpaired) electrons. The number of nitrogens with one attached hydrogen (secondary N) is 1. The van der Waals surface area contributed by atoms with Gasteiger partial charge in [0.25, 0.3) is 0 Å². The molecule has 0 unspecified atom stereocenters. The molecule has 1 rings (SSSR count). The lowest BCUT2D eigenvalue weighted by Crippen LogP contribution is -2.20. The molecule has 0 aliphatic carbocycles. The largest absolute Gasteiger partial charge is 0.313 e. The van der Waals surface area contributed by atoms with Gasteiger partial charge >= 0.3 is 0 Å². The predicted molar refractivity (Wildman–Crippen MR) is 75.3 cm³/mol. The van der Waals surface area contributed by atoms with Gasteiger partial charge in [-0.2, -0.15) is 0 Å². The van der Waals surface area contributed by atoms with Crippen molar-refractivity contribution in [1.82, 2.24) is 5.32 Å². The summed E-state index contributed by atoms with van der Waals surface area (Å²) in [4.78, 5) is 0.376. The summed E-state index contributed by atoms with van der Waals surface area (Å²) < 4.78 is 22.6. The maximum Gasteiger partial charge on any atom is 0.175 e. The molecular formula is C14H23NO2S. The minimum atomic E-state index is -3.08. The lowest BCUT2D eigenvalue weighted by molar-refractivity contribution is 0.366. The zero-order valence-corrected chi connectivity index (χ0v) is 12.5. The van der Waals surface area contributed by atoms with Crippen molar-refractivity contribution in [2.45, 2.75) is 38.6 Å². The molecule has 4 heteroatoms. The molecule has 0 aliphatic rings. The molecule has 1 N–H and O–H groups in total. The van der Waals surface area contributed by atoms with E-state index in [1.54, 1.807) is 12.1 Å². The first kappa shape index (κ1) is 15.2. The van der Waals surface area contributed by atoms with Crippen molar-refractivity contribution in [2.75, 3.05) is 12.8 Å². The molecule has 1 aromatic carbocycles. The van der Waals surface area contributed by atoms with Crippen molar-refractivity contribution in [3.63, 3.8) is 0 Å². The van der Waals surface area contributed by atoms with E-state index >= 15 is 0 Å². The Kier molecular flexibility index (Phi) is 4.93. The minimum Gasteiger partial charge on any atom is -0.313 e. The maximum absolute atomic E-state index is 11.3. The van der Waals surface area contributed by atoms with Crippen LogP contribution in [0.1, 0.15) is 32.8 Å². The number of sulfone groups is 1. The van der Waals surface area contributed by atoms with Gasteiger partial charge in [0.2, 0.25) is 0 Å². The summed E-state index contributed by atoms with van der Waals surface area (Å²) in [6, 6.07) is 7.05. The van der Waals surface area contributed by atoms with E-state index in [4.69, 9.17) is 0 Å². The Bertz CT molecular complexity index is 470. The lowest BCUT2D eigenvalue weighted by Gasteiger charge is -2.18. The van der Waals surface area contributed by atoms with Crippen LogP contribution in [0, 0.1) is 5.41 Å². The Morgan fingerprint density at radius 1 is 1.11 bits per heavy atom. The van der Waals surface area contributed by atoms with Gasteiger partial charge in [0, 0.05) is 12.8 Å². The monoisotopic (exact) mass is 269 g/mol. The third-order valence-corrected chi connectivity index (χ3v) is 3.86. The molecule has 0 heterocycles. The Labute approximate surface area is 111 Å². The average molecular weight is 269 g/mol. The summed E-state index contributed by atoms with van der Waals surface area (Å²) >= 11 is 0. The van der Waals surface area contributed by atoms with Gasteiger partial charge in [-0.25, -0.2) is 8.42 Å². The van der Waals surface area contributed by atoms with Crippen LogP contribution in [-0.4, -0.2) is 21.2 Å². The van der Waals surface area contributed by atoms with Crippen LogP contribution < -0.4 is 5.32 Å². The molecule has 0 saturated carbocycles. The van der Waals surface area contributed by atoms with Crippen molar-refractivity contribution < 1.29 is 8.42 Å². The van der Waals surface area contributed by atoms with E-state index in [9.17, 15) is 8.42 Å². The number of benzene rings is 1. The van der Waals surface area contributed by atoms with Crippen molar-refractivity contribution >= 4 is 9.84 Å². The highest BCUT2D eigenvalue weighted by atomic mass is 32.2. The average Bonchev–Trinajstić information content (AvgIpc) is 2.22. The van der Waals surface area contributed by atoms with E-state index in [2.05, 4.69) is 26.1 Å². The van der Waals surface area contributed by atoms with Crippen LogP contribution in [0.2, 0.25) is 0 Å². The van der Waals surface area contributed by atoms with Crippen LogP contribution in [0.3, 0.4) is 0 Å². The van der Waals surface area contributed by atoms with Gasteiger partial charge in [-0.05, 0) is 36.1 Å². The number of rotatable bonds is 5. The second-order valence-electron chi connectivity index (χ2n) is 5.90. The highest BCUT2D eigenvalue weighted by Gasteiger charge is 2.09. The fraction of sp³-hybridized carbons (Fsp3) is 0.571. The summed E-state index contributed by atoms with van der Waals surface area (Å²) in [6.07, 6.45) is 2.35. The molecule has 0 fully saturated rings. The van der Waals surface area contributed by atoms with E-state index in [1.165, 1.54) is 6.26 Å². The van der Waals surface area contributed by atoms with E-state index < -0.39 is 9.84 Å². The standard InChI is InChI=1S/C14H23NO2S/c1-14(2,3)9-10-15-11-12-5-7-13(8-6-12)18(4,16)17/h5-8,15H,9-11H2,1-4H3. The lowest BCUT2D eigenvalue weighted by atomic mass is 9.92. The van der Waals surface area contributed by atoms with Gasteiger partial charge in [0.15, 0.2) is 9.84 Å². The third-order valence-electron chi connectivity index (χ3n) is 2.73. The quantitative estimate of drug-likeness (QED) is 0.836. The Morgan fingerprint density at radius 2 is 1.67 bits per heavy atom. The summed E-state index contributed by atoms with van der Waals surface area (Å²) in [5, 5.41) is 3.37. The highest BCUT2D eigenvalue weighted by molar-refractivity contribution is 7.90. The first-order chi connectivity index (χ1) is 8.18. The van der Waals surface area contributed by atoms with Gasteiger partial charge in [-0.1, -0.05) is 32.9 Å². The van der Waals surface area contributed by atoms with E-state index in [0.717, 1.165) is 25.1 Å². The molecule has 102 valence electrons. The van der Waals surface area contributed by atoms with Crippen LogP contribution in [-0.2, 0) is 16.4 Å². The van der Waals surface area contributed by atoms with Crippen molar-refractivity contribution in [2.24, 2.45) is 5.41 Å². The van der Waals surface area contributed by atoms with Crippen LogP contribution in [0.15, 0.2) is 29.2 Å². The maximum atomic E-state index is 11.3. The van der Waals surface area contributed by atoms with E-state index in [0.29, 0.717) is 10.3 Å². The topological polar surface area (TPSA) is 46.2 Å². The van der Waals surface area contributed by atoms with Gasteiger partial charge in [0.05, 0.1) is 4.90 Å². The summed E-state index contributed by atoms with van der Waals surface area (Å²) in [7, 11) is -3.08. The first-order valence-electron chi connectivity index (χ1n) is 6.18. The molecule has 0 aliphatic heterocycles. The van der Waals surface area contributed by atoms with Crippen molar-refractivity contribution in [3.8, 4) is 0 Å². The fourth-order valence-corrected chi connectivity index (χ4v) is 2.18. The Morgan fingerprint density at radius 3 is 2.11 bits per heavy atom. The summed E-state index contributed by atoms with van der Waals surface area (Å²) in [5.74, 6) is 0. The molecule has 0 amide bonds. The molecule has 1 aromatic rings. The third kappa shape index (κ3) is 5.65. The Hall–Kier alpha value is -0.870. The van der Waals surface area contributed by atoms with Crippen LogP contribution >= 0.6 is 0 Å². The van der Waals surface area contributed by atoms with Crippen molar-refractivity contribution in [1.29, 1.82) is 0 Å². The smallest absolute Gasteiger partial charge is 0.175 e. The van der Waals surface area contributed by atoms with Gasteiger partial charge < -0.3 is 5.32 Å². The minimum absolute atomic E-state index is 0.340. The number of hydrogen-bond donors (Lipinski definition) is 1. The Balaban J connectivity index is 2.45. The second-order valence-corrected chi connectivity index (χ2v) is 7.92. The van der Waals surface area contributed by atoms with Gasteiger partial charge in [-0.15, -0.1) is 0 Å². The van der Waals surface area contributed by atoms with Crippen molar-refractivity contribution in [3.05, 3.63) is 29.8 Å². The zero-order valence-electron chi connectivity index (χ0n) is 11.7. The molecule has 3 nitrogen and oxygen atoms in total. The summed E-state index contributed by atoms with van der Waals surface area (Å²) in [6.45, 7) is 8.40. The van der Waals surface area contributed by atoms with E-state index in [1.807, 2.05) is 12.1 Å². The predicted octanol–water partition coefficient (Wildman–Crippen LogP) is 2.62. The molecule has 0 spiro atoms. The van der Waals surface area contributed by atoms with Crippen LogP contribution in [0.5, 0.6) is 0 Å². The zero-order chi connectivity index (χ0) is 13.8. The summed E-state index contributed by atoms with van der Waals surface area (Å²) in [5.41, 5.74) is 1.45. The molecule has 18 heavy (non-hydrogen) atoms. The fourth-order valence-electron chi connectivity index (χ4n) is 1.55. The van der Waals surface area contributed by atoms with E-state index in [-0.39, 0.29) is 0 Å². The van der Waals surface area contributed by atoms with Crippen LogP contribution in [0.25, 0.3) is 0 Å². The van der Waals surface area contributed by atoms with Gasteiger partial charge in [0.1, 0.15) is 0 Å². The highest BCUT2D eigenvalue weighted by Crippen LogP contribution is 2.17. The first-order valence-corrected chi connectivity index (χ1v) is 8.07. The SMILES string of the molecule is CC(C)(C)CCNCc1ccc(S(C)(=O)=O)cc1. The second kappa shape index (κ2) is 5.85. The molecule has 0 aromatic heterocycles. The molecular weight excluding hydrogens is 246 g/mol. The number of hydrogen-bond acceptors (Lipinski definition) is 3.